The molecule has 1 amide bonds. The van der Waals surface area contributed by atoms with Crippen molar-refractivity contribution < 1.29 is 4.79 Å². The Morgan fingerprint density at radius 3 is 2.37 bits per heavy atom. The second kappa shape index (κ2) is 9.59. The van der Waals surface area contributed by atoms with E-state index in [0.29, 0.717) is 11.9 Å². The van der Waals surface area contributed by atoms with Crippen LogP contribution in [-0.4, -0.2) is 46.7 Å². The molecule has 0 radical (unpaired) electrons. The lowest BCUT2D eigenvalue weighted by Gasteiger charge is -2.38. The third kappa shape index (κ3) is 4.50. The van der Waals surface area contributed by atoms with Gasteiger partial charge in [0.1, 0.15) is 0 Å². The molecule has 5 heteroatoms. The maximum absolute atomic E-state index is 13.2. The van der Waals surface area contributed by atoms with Gasteiger partial charge in [0, 0.05) is 37.2 Å². The SMILES string of the molecule is CCN(C(=O)C1CCN(c2ccc(-c3ccccc3C)nn2)CC1)C1CCCCC1. The summed E-state index contributed by atoms with van der Waals surface area (Å²) in [7, 11) is 0. The van der Waals surface area contributed by atoms with E-state index in [0.717, 1.165) is 49.6 Å². The normalized spacial score (nSPS) is 18.4. The molecule has 1 aromatic heterocycles. The molecule has 2 aromatic rings. The summed E-state index contributed by atoms with van der Waals surface area (Å²) in [5.74, 6) is 1.45. The number of aryl methyl sites for hydroxylation is 1. The van der Waals surface area contributed by atoms with E-state index in [-0.39, 0.29) is 5.92 Å². The third-order valence-corrected chi connectivity index (χ3v) is 6.88. The van der Waals surface area contributed by atoms with Crippen LogP contribution in [0.25, 0.3) is 11.3 Å². The Bertz CT molecular complexity index is 836. The van der Waals surface area contributed by atoms with Crippen molar-refractivity contribution in [3.63, 3.8) is 0 Å². The van der Waals surface area contributed by atoms with Crippen LogP contribution in [0.3, 0.4) is 0 Å². The van der Waals surface area contributed by atoms with Gasteiger partial charge in [-0.25, -0.2) is 0 Å². The van der Waals surface area contributed by atoms with Gasteiger partial charge in [-0.05, 0) is 57.2 Å². The van der Waals surface area contributed by atoms with Gasteiger partial charge in [0.15, 0.2) is 5.82 Å². The summed E-state index contributed by atoms with van der Waals surface area (Å²) in [4.78, 5) is 17.6. The highest BCUT2D eigenvalue weighted by Gasteiger charge is 2.32. The monoisotopic (exact) mass is 406 g/mol. The number of hydrogen-bond donors (Lipinski definition) is 0. The van der Waals surface area contributed by atoms with E-state index in [1.807, 2.05) is 12.1 Å². The van der Waals surface area contributed by atoms with Crippen LogP contribution in [0.1, 0.15) is 57.4 Å². The average Bonchev–Trinajstić information content (AvgIpc) is 2.81. The van der Waals surface area contributed by atoms with Gasteiger partial charge in [-0.1, -0.05) is 43.5 Å². The highest BCUT2D eigenvalue weighted by Crippen LogP contribution is 2.28. The number of carbonyl (C=O) groups excluding carboxylic acids is 1. The molecule has 0 atom stereocenters. The molecule has 2 aliphatic rings. The Morgan fingerprint density at radius 1 is 1.00 bits per heavy atom. The van der Waals surface area contributed by atoms with Crippen molar-refractivity contribution in [2.45, 2.75) is 64.8 Å². The van der Waals surface area contributed by atoms with Gasteiger partial charge in [0.2, 0.25) is 5.91 Å². The van der Waals surface area contributed by atoms with Crippen molar-refractivity contribution in [2.75, 3.05) is 24.5 Å². The number of aromatic nitrogens is 2. The zero-order valence-electron chi connectivity index (χ0n) is 18.4. The number of anilines is 1. The first kappa shape index (κ1) is 20.8. The number of hydrogen-bond acceptors (Lipinski definition) is 4. The maximum Gasteiger partial charge on any atom is 0.226 e. The van der Waals surface area contributed by atoms with Gasteiger partial charge in [-0.3, -0.25) is 4.79 Å². The molecule has 30 heavy (non-hydrogen) atoms. The third-order valence-electron chi connectivity index (χ3n) is 6.88. The van der Waals surface area contributed by atoms with E-state index in [9.17, 15) is 4.79 Å². The number of amides is 1. The van der Waals surface area contributed by atoms with Crippen molar-refractivity contribution in [3.05, 3.63) is 42.0 Å². The van der Waals surface area contributed by atoms with Crippen LogP contribution in [0.2, 0.25) is 0 Å². The van der Waals surface area contributed by atoms with Gasteiger partial charge in [-0.2, -0.15) is 0 Å². The minimum Gasteiger partial charge on any atom is -0.355 e. The van der Waals surface area contributed by atoms with E-state index < -0.39 is 0 Å². The molecule has 2 fully saturated rings. The number of benzene rings is 1. The second-order valence-corrected chi connectivity index (χ2v) is 8.77. The van der Waals surface area contributed by atoms with E-state index in [4.69, 9.17) is 0 Å². The summed E-state index contributed by atoms with van der Waals surface area (Å²) >= 11 is 0. The Labute approximate surface area is 180 Å². The molecule has 0 N–H and O–H groups in total. The highest BCUT2D eigenvalue weighted by molar-refractivity contribution is 5.79. The van der Waals surface area contributed by atoms with Gasteiger partial charge in [0.25, 0.3) is 0 Å². The predicted octanol–water partition coefficient (Wildman–Crippen LogP) is 4.85. The predicted molar refractivity (Wildman–Crippen MR) is 121 cm³/mol. The second-order valence-electron chi connectivity index (χ2n) is 8.77. The van der Waals surface area contributed by atoms with Crippen molar-refractivity contribution in [1.29, 1.82) is 0 Å². The van der Waals surface area contributed by atoms with Crippen LogP contribution in [0.15, 0.2) is 36.4 Å². The molecule has 2 heterocycles. The number of piperidine rings is 1. The topological polar surface area (TPSA) is 49.3 Å². The van der Waals surface area contributed by atoms with Gasteiger partial charge in [-0.15, -0.1) is 10.2 Å². The van der Waals surface area contributed by atoms with Crippen molar-refractivity contribution in [1.82, 2.24) is 15.1 Å². The van der Waals surface area contributed by atoms with Crippen molar-refractivity contribution >= 4 is 11.7 Å². The zero-order chi connectivity index (χ0) is 20.9. The zero-order valence-corrected chi connectivity index (χ0v) is 18.4. The van der Waals surface area contributed by atoms with E-state index in [1.165, 1.54) is 37.7 Å². The molecule has 5 nitrogen and oxygen atoms in total. The number of carbonyl (C=O) groups is 1. The molecule has 1 aromatic carbocycles. The smallest absolute Gasteiger partial charge is 0.226 e. The van der Waals surface area contributed by atoms with Crippen LogP contribution in [0.5, 0.6) is 0 Å². The molecule has 4 rings (SSSR count). The molecule has 0 bridgehead atoms. The summed E-state index contributed by atoms with van der Waals surface area (Å²) in [6.07, 6.45) is 8.04. The molecule has 1 saturated carbocycles. The van der Waals surface area contributed by atoms with E-state index in [1.54, 1.807) is 0 Å². The molecule has 1 aliphatic carbocycles. The Hall–Kier alpha value is -2.43. The molecular formula is C25H34N4O. The maximum atomic E-state index is 13.2. The summed E-state index contributed by atoms with van der Waals surface area (Å²) in [5.41, 5.74) is 3.24. The molecular weight excluding hydrogens is 372 g/mol. The Morgan fingerprint density at radius 2 is 1.73 bits per heavy atom. The Balaban J connectivity index is 1.36. The summed E-state index contributed by atoms with van der Waals surface area (Å²) in [6.45, 7) is 6.82. The van der Waals surface area contributed by atoms with Gasteiger partial charge in [0.05, 0.1) is 5.69 Å². The fourth-order valence-electron chi connectivity index (χ4n) is 5.07. The quantitative estimate of drug-likeness (QED) is 0.712. The molecule has 0 spiro atoms. The van der Waals surface area contributed by atoms with Crippen LogP contribution in [0, 0.1) is 12.8 Å². The highest BCUT2D eigenvalue weighted by atomic mass is 16.2. The first-order valence-electron chi connectivity index (χ1n) is 11.6. The van der Waals surface area contributed by atoms with Crippen LogP contribution >= 0.6 is 0 Å². The molecule has 1 saturated heterocycles. The standard InChI is InChI=1S/C25H34N4O/c1-3-29(21-10-5-4-6-11-21)25(30)20-15-17-28(18-16-20)24-14-13-23(26-27-24)22-12-8-7-9-19(22)2/h7-9,12-14,20-21H,3-6,10-11,15-18H2,1-2H3. The lowest BCUT2D eigenvalue weighted by molar-refractivity contribution is -0.139. The lowest BCUT2D eigenvalue weighted by atomic mass is 9.90. The first-order chi connectivity index (χ1) is 14.7. The van der Waals surface area contributed by atoms with Crippen LogP contribution in [-0.2, 0) is 4.79 Å². The fourth-order valence-corrected chi connectivity index (χ4v) is 5.07. The average molecular weight is 407 g/mol. The van der Waals surface area contributed by atoms with Crippen molar-refractivity contribution in [2.24, 2.45) is 5.92 Å². The van der Waals surface area contributed by atoms with Crippen LogP contribution < -0.4 is 4.90 Å². The largest absolute Gasteiger partial charge is 0.355 e. The fraction of sp³-hybridized carbons (Fsp3) is 0.560. The summed E-state index contributed by atoms with van der Waals surface area (Å²) in [6, 6.07) is 12.9. The lowest BCUT2D eigenvalue weighted by Crippen LogP contribution is -2.47. The minimum atomic E-state index is 0.155. The molecule has 1 aliphatic heterocycles. The first-order valence-corrected chi connectivity index (χ1v) is 11.6. The van der Waals surface area contributed by atoms with E-state index in [2.05, 4.69) is 58.1 Å². The van der Waals surface area contributed by atoms with E-state index >= 15 is 0 Å². The molecule has 0 unspecified atom stereocenters. The number of rotatable bonds is 5. The van der Waals surface area contributed by atoms with Gasteiger partial charge < -0.3 is 9.80 Å². The van der Waals surface area contributed by atoms with Gasteiger partial charge >= 0.3 is 0 Å². The van der Waals surface area contributed by atoms with Crippen molar-refractivity contribution in [3.8, 4) is 11.3 Å². The summed E-state index contributed by atoms with van der Waals surface area (Å²) in [5, 5.41) is 8.97. The molecule has 160 valence electrons. The minimum absolute atomic E-state index is 0.155. The number of nitrogens with zero attached hydrogens (tertiary/aromatic N) is 4. The Kier molecular flexibility index (Phi) is 6.66. The summed E-state index contributed by atoms with van der Waals surface area (Å²) < 4.78 is 0. The van der Waals surface area contributed by atoms with Crippen LogP contribution in [0.4, 0.5) is 5.82 Å².